The summed E-state index contributed by atoms with van der Waals surface area (Å²) in [5.74, 6) is 6.74. The quantitative estimate of drug-likeness (QED) is 0.432. The Morgan fingerprint density at radius 1 is 1.03 bits per heavy atom. The first-order valence-corrected chi connectivity index (χ1v) is 9.78. The standard InChI is InChI=1S/C25H28F3NO.ClH/c1-24(2,3)15-8-5-9-16-29(4)18-20-11-10-13-22(17-20)30-19-21-12-6-7-14-23(21)25(26,27)28;/h5-7,9-14,17H,16,18-19H2,1-4H3;1H. The van der Waals surface area contributed by atoms with Gasteiger partial charge in [-0.05, 0) is 57.7 Å². The van der Waals surface area contributed by atoms with Crippen molar-refractivity contribution in [1.82, 2.24) is 4.90 Å². The second kappa shape index (κ2) is 11.8. The normalized spacial score (nSPS) is 11.7. The first-order valence-electron chi connectivity index (χ1n) is 9.78. The number of hydrogen-bond donors (Lipinski definition) is 0. The molecule has 0 radical (unpaired) electrons. The highest BCUT2D eigenvalue weighted by atomic mass is 35.5. The zero-order chi connectivity index (χ0) is 22.2. The van der Waals surface area contributed by atoms with Gasteiger partial charge >= 0.3 is 6.18 Å². The van der Waals surface area contributed by atoms with Gasteiger partial charge in [-0.2, -0.15) is 13.2 Å². The third-order valence-electron chi connectivity index (χ3n) is 4.13. The maximum Gasteiger partial charge on any atom is 0.416 e. The van der Waals surface area contributed by atoms with Crippen molar-refractivity contribution < 1.29 is 17.9 Å². The number of benzene rings is 2. The highest BCUT2D eigenvalue weighted by molar-refractivity contribution is 5.85. The average molecular weight is 452 g/mol. The molecule has 2 nitrogen and oxygen atoms in total. The van der Waals surface area contributed by atoms with E-state index in [2.05, 4.69) is 37.5 Å². The molecule has 2 aromatic carbocycles. The number of hydrogen-bond acceptors (Lipinski definition) is 2. The third kappa shape index (κ3) is 9.95. The lowest BCUT2D eigenvalue weighted by atomic mass is 9.98. The van der Waals surface area contributed by atoms with Crippen molar-refractivity contribution >= 4 is 12.4 Å². The Morgan fingerprint density at radius 2 is 1.74 bits per heavy atom. The van der Waals surface area contributed by atoms with E-state index in [0.29, 0.717) is 12.3 Å². The van der Waals surface area contributed by atoms with Crippen LogP contribution >= 0.6 is 12.4 Å². The maximum absolute atomic E-state index is 13.1. The van der Waals surface area contributed by atoms with Crippen LogP contribution in [0.25, 0.3) is 0 Å². The summed E-state index contributed by atoms with van der Waals surface area (Å²) in [6.07, 6.45) is -0.526. The van der Waals surface area contributed by atoms with Crippen LogP contribution in [0.4, 0.5) is 13.2 Å². The van der Waals surface area contributed by atoms with Gasteiger partial charge in [0.25, 0.3) is 0 Å². The van der Waals surface area contributed by atoms with Crippen LogP contribution in [-0.4, -0.2) is 18.5 Å². The summed E-state index contributed by atoms with van der Waals surface area (Å²) in [4.78, 5) is 2.12. The van der Waals surface area contributed by atoms with Gasteiger partial charge in [0, 0.05) is 24.1 Å². The summed E-state index contributed by atoms with van der Waals surface area (Å²) in [5.41, 5.74) is 0.460. The van der Waals surface area contributed by atoms with Gasteiger partial charge in [-0.1, -0.05) is 48.2 Å². The summed E-state index contributed by atoms with van der Waals surface area (Å²) in [6.45, 7) is 7.49. The fraction of sp³-hybridized carbons (Fsp3) is 0.360. The average Bonchev–Trinajstić information content (AvgIpc) is 2.65. The van der Waals surface area contributed by atoms with Crippen LogP contribution in [0.2, 0.25) is 0 Å². The number of rotatable bonds is 7. The zero-order valence-electron chi connectivity index (χ0n) is 18.3. The molecule has 0 saturated carbocycles. The van der Waals surface area contributed by atoms with Crippen LogP contribution in [0.1, 0.15) is 37.5 Å². The summed E-state index contributed by atoms with van der Waals surface area (Å²) < 4.78 is 45.0. The predicted molar refractivity (Wildman–Crippen MR) is 122 cm³/mol. The molecule has 0 saturated heterocycles. The smallest absolute Gasteiger partial charge is 0.416 e. The van der Waals surface area contributed by atoms with Gasteiger partial charge in [0.2, 0.25) is 0 Å². The Morgan fingerprint density at radius 3 is 2.42 bits per heavy atom. The molecule has 0 N–H and O–H groups in total. The first-order chi connectivity index (χ1) is 14.0. The molecule has 0 spiro atoms. The molecule has 168 valence electrons. The Bertz CT molecular complexity index is 921. The highest BCUT2D eigenvalue weighted by Crippen LogP contribution is 2.32. The number of halogens is 4. The minimum Gasteiger partial charge on any atom is -0.489 e. The highest BCUT2D eigenvalue weighted by Gasteiger charge is 2.32. The Hall–Kier alpha value is -2.42. The Balaban J connectivity index is 0.00000480. The molecule has 0 unspecified atom stereocenters. The summed E-state index contributed by atoms with van der Waals surface area (Å²) >= 11 is 0. The third-order valence-corrected chi connectivity index (χ3v) is 4.13. The summed E-state index contributed by atoms with van der Waals surface area (Å²) in [6, 6.07) is 12.9. The minimum atomic E-state index is -4.39. The molecule has 0 bridgehead atoms. The largest absolute Gasteiger partial charge is 0.489 e. The van der Waals surface area contributed by atoms with Crippen molar-refractivity contribution in [3.8, 4) is 17.6 Å². The lowest BCUT2D eigenvalue weighted by Gasteiger charge is -2.16. The van der Waals surface area contributed by atoms with E-state index in [0.717, 1.165) is 18.2 Å². The SMILES string of the molecule is CN(CC=CC#CC(C)(C)C)Cc1cccc(OCc2ccccc2C(F)(F)F)c1.Cl. The van der Waals surface area contributed by atoms with E-state index in [-0.39, 0.29) is 30.0 Å². The molecule has 2 aromatic rings. The van der Waals surface area contributed by atoms with Gasteiger partial charge in [-0.25, -0.2) is 0 Å². The van der Waals surface area contributed by atoms with E-state index < -0.39 is 11.7 Å². The van der Waals surface area contributed by atoms with Gasteiger partial charge < -0.3 is 4.74 Å². The van der Waals surface area contributed by atoms with Crippen LogP contribution in [0.3, 0.4) is 0 Å². The summed E-state index contributed by atoms with van der Waals surface area (Å²) in [7, 11) is 1.99. The van der Waals surface area contributed by atoms with Crippen molar-refractivity contribution in [3.63, 3.8) is 0 Å². The van der Waals surface area contributed by atoms with Gasteiger partial charge in [-0.3, -0.25) is 4.90 Å². The van der Waals surface area contributed by atoms with Gasteiger partial charge in [0.15, 0.2) is 0 Å². The molecule has 0 aliphatic heterocycles. The van der Waals surface area contributed by atoms with Crippen molar-refractivity contribution in [2.75, 3.05) is 13.6 Å². The van der Waals surface area contributed by atoms with E-state index in [1.54, 1.807) is 12.1 Å². The van der Waals surface area contributed by atoms with Crippen LogP contribution in [-0.2, 0) is 19.3 Å². The number of likely N-dealkylation sites (N-methyl/N-ethyl adjacent to an activating group) is 1. The topological polar surface area (TPSA) is 12.5 Å². The molecular formula is C25H29ClF3NO. The molecule has 0 heterocycles. The van der Waals surface area contributed by atoms with Gasteiger partial charge in [-0.15, -0.1) is 12.4 Å². The lowest BCUT2D eigenvalue weighted by Crippen LogP contribution is -2.17. The molecule has 0 atom stereocenters. The van der Waals surface area contributed by atoms with Crippen LogP contribution in [0, 0.1) is 17.3 Å². The van der Waals surface area contributed by atoms with Crippen molar-refractivity contribution in [1.29, 1.82) is 0 Å². The van der Waals surface area contributed by atoms with Crippen molar-refractivity contribution in [2.45, 2.75) is 40.1 Å². The second-order valence-electron chi connectivity index (χ2n) is 8.21. The van der Waals surface area contributed by atoms with E-state index in [9.17, 15) is 13.2 Å². The van der Waals surface area contributed by atoms with Crippen LogP contribution < -0.4 is 4.74 Å². The predicted octanol–water partition coefficient (Wildman–Crippen LogP) is 6.74. The monoisotopic (exact) mass is 451 g/mol. The molecule has 6 heteroatoms. The van der Waals surface area contributed by atoms with Crippen molar-refractivity contribution in [2.24, 2.45) is 5.41 Å². The van der Waals surface area contributed by atoms with E-state index in [4.69, 9.17) is 4.74 Å². The number of ether oxygens (including phenoxy) is 1. The lowest BCUT2D eigenvalue weighted by molar-refractivity contribution is -0.138. The first kappa shape index (κ1) is 26.6. The van der Waals surface area contributed by atoms with Gasteiger partial charge in [0.1, 0.15) is 12.4 Å². The number of nitrogens with zero attached hydrogens (tertiary/aromatic N) is 1. The molecule has 2 rings (SSSR count). The second-order valence-corrected chi connectivity index (χ2v) is 8.21. The zero-order valence-corrected chi connectivity index (χ0v) is 19.1. The fourth-order valence-corrected chi connectivity index (χ4v) is 2.74. The number of allylic oxidation sites excluding steroid dienone is 1. The minimum absolute atomic E-state index is 0. The van der Waals surface area contributed by atoms with Crippen molar-refractivity contribution in [3.05, 3.63) is 77.4 Å². The molecule has 0 aliphatic rings. The maximum atomic E-state index is 13.1. The molecule has 0 aliphatic carbocycles. The number of alkyl halides is 3. The van der Waals surface area contributed by atoms with Crippen LogP contribution in [0.5, 0.6) is 5.75 Å². The fourth-order valence-electron chi connectivity index (χ4n) is 2.74. The summed E-state index contributed by atoms with van der Waals surface area (Å²) in [5, 5.41) is 0. The molecule has 0 aromatic heterocycles. The molecule has 0 fully saturated rings. The van der Waals surface area contributed by atoms with E-state index >= 15 is 0 Å². The molecule has 0 amide bonds. The Kier molecular flexibility index (Phi) is 10.2. The molecule has 31 heavy (non-hydrogen) atoms. The van der Waals surface area contributed by atoms with Crippen LogP contribution in [0.15, 0.2) is 60.7 Å². The Labute approximate surface area is 189 Å². The molecular weight excluding hydrogens is 423 g/mol. The van der Waals surface area contributed by atoms with E-state index in [1.165, 1.54) is 12.1 Å². The van der Waals surface area contributed by atoms with Gasteiger partial charge in [0.05, 0.1) is 5.56 Å². The van der Waals surface area contributed by atoms with E-state index in [1.807, 2.05) is 37.4 Å².